The molecule has 60 heavy (non-hydrogen) atoms. The summed E-state index contributed by atoms with van der Waals surface area (Å²) < 4.78 is 8.28. The maximum Gasteiger partial charge on any atom is 0.335 e. The van der Waals surface area contributed by atoms with Gasteiger partial charge in [-0.3, -0.25) is 23.9 Å². The van der Waals surface area contributed by atoms with Crippen LogP contribution in [0.15, 0.2) is 24.3 Å². The fourth-order valence-corrected chi connectivity index (χ4v) is 6.36. The van der Waals surface area contributed by atoms with Crippen LogP contribution in [0, 0.1) is 0 Å². The van der Waals surface area contributed by atoms with Crippen molar-refractivity contribution in [1.29, 1.82) is 0 Å². The third kappa shape index (κ3) is 24.7. The molecule has 0 aliphatic heterocycles. The second-order valence-electron chi connectivity index (χ2n) is 15.1. The van der Waals surface area contributed by atoms with E-state index in [0.717, 1.165) is 44.8 Å². The molecule has 4 atom stereocenters. The number of nitrogens with two attached hydrogens (primary N) is 3. The number of aromatic carboxylic acids is 1. The molecule has 0 saturated heterocycles. The van der Waals surface area contributed by atoms with E-state index in [1.165, 1.54) is 12.1 Å². The normalized spacial score (nSPS) is 13.5. The van der Waals surface area contributed by atoms with Crippen LogP contribution in [-0.4, -0.2) is 109 Å². The Kier molecular flexibility index (Phi) is 29.1. The number of carboxylic acid groups (broad SMARTS) is 2. The Labute approximate surface area is 359 Å². The molecule has 0 bridgehead atoms. The lowest BCUT2D eigenvalue weighted by Crippen LogP contribution is -2.48. The third-order valence-electron chi connectivity index (χ3n) is 10.1. The fourth-order valence-electron chi connectivity index (χ4n) is 6.10. The van der Waals surface area contributed by atoms with Crippen molar-refractivity contribution in [1.82, 2.24) is 26.0 Å². The van der Waals surface area contributed by atoms with E-state index < -0.39 is 35.6 Å². The second kappa shape index (κ2) is 32.5. The van der Waals surface area contributed by atoms with E-state index in [9.17, 15) is 38.7 Å². The number of aldehydes is 1. The molecule has 0 heterocycles. The predicted molar refractivity (Wildman–Crippen MR) is 231 cm³/mol. The van der Waals surface area contributed by atoms with Gasteiger partial charge in [0.1, 0.15) is 18.1 Å². The van der Waals surface area contributed by atoms with E-state index in [-0.39, 0.29) is 55.0 Å². The highest BCUT2D eigenvalue weighted by atomic mass is 32.1. The molecule has 0 fully saturated rings. The number of hydrogen-bond donors (Lipinski definition) is 11. The first-order valence-electron chi connectivity index (χ1n) is 21.2. The lowest BCUT2D eigenvalue weighted by atomic mass is 9.95. The molecule has 19 heteroatoms. The lowest BCUT2D eigenvalue weighted by molar-refractivity contribution is -0.142. The Bertz CT molecular complexity index is 1430. The molecular formula is C41H70N8O10S. The molecular weight excluding hydrogens is 797 g/mol. The number of amides is 4. The van der Waals surface area contributed by atoms with Crippen molar-refractivity contribution in [3.63, 3.8) is 0 Å². The number of carbonyl (C=O) groups excluding carboxylic acids is 5. The smallest absolute Gasteiger partial charge is 0.335 e. The topological polar surface area (TPSA) is 307 Å². The van der Waals surface area contributed by atoms with Crippen molar-refractivity contribution < 1.29 is 48.5 Å². The summed E-state index contributed by atoms with van der Waals surface area (Å²) in [6, 6.07) is 3.75. The van der Waals surface area contributed by atoms with Crippen LogP contribution < -0.4 is 47.9 Å². The van der Waals surface area contributed by atoms with E-state index in [2.05, 4.69) is 38.8 Å². The molecule has 0 saturated carbocycles. The fraction of sp³-hybridized carbons (Fsp3) is 0.683. The standard InChI is InChI=1S/C41H70N8O10S/c42-28-41(29-50,49-60)23-9-12-26-47-38(54)33(44)15-8-11-25-46-37(53)32(43)14-7-10-24-45-35(51)22-21-34(40(57)58)48-36(52)16-6-4-2-1-3-5-13-27-59-31-19-17-30(18-20-31)39(55)56/h17-20,29,32-34,49,60H,1-16,21-28,42-44H2,(H,45,51)(H,46,53)(H,47,54)(H,48,52)(H,55,56)(H,57,58)/t32-,33-,34-,41+/m0/s1. The van der Waals surface area contributed by atoms with Gasteiger partial charge in [0.25, 0.3) is 0 Å². The second-order valence-corrected chi connectivity index (χ2v) is 15.3. The minimum absolute atomic E-state index is 0.0371. The molecule has 0 unspecified atom stereocenters. The van der Waals surface area contributed by atoms with Gasteiger partial charge in [0.2, 0.25) is 23.6 Å². The number of hydrogen-bond acceptors (Lipinski definition) is 13. The Morgan fingerprint density at radius 2 is 1.22 bits per heavy atom. The van der Waals surface area contributed by atoms with Crippen LogP contribution in [0.5, 0.6) is 5.75 Å². The van der Waals surface area contributed by atoms with E-state index in [1.54, 1.807) is 12.1 Å². The molecule has 4 amide bonds. The SMILES string of the molecule is NC[C@@](C=O)(CCCCNC(=O)[C@@H](N)CCCCNC(=O)[C@@H](N)CCCCNC(=O)CC[C@H](NC(=O)CCCCCCCCCOc1ccc(C(=O)O)cc1)C(=O)O)NS. The van der Waals surface area contributed by atoms with E-state index in [1.807, 2.05) is 0 Å². The monoisotopic (exact) mass is 866 g/mol. The molecule has 13 N–H and O–H groups in total. The number of carbonyl (C=O) groups is 7. The molecule has 0 aliphatic carbocycles. The number of ether oxygens (including phenoxy) is 1. The first-order chi connectivity index (χ1) is 28.8. The Morgan fingerprint density at radius 3 is 1.73 bits per heavy atom. The molecule has 1 rings (SSSR count). The number of aliphatic carboxylic acids is 1. The average molecular weight is 867 g/mol. The van der Waals surface area contributed by atoms with Gasteiger partial charge in [0.05, 0.1) is 29.8 Å². The van der Waals surface area contributed by atoms with Crippen molar-refractivity contribution in [2.45, 2.75) is 146 Å². The van der Waals surface area contributed by atoms with Gasteiger partial charge in [-0.05, 0) is 101 Å². The Balaban J connectivity index is 2.07. The molecule has 0 aromatic heterocycles. The summed E-state index contributed by atoms with van der Waals surface area (Å²) in [5.74, 6) is -2.78. The average Bonchev–Trinajstić information content (AvgIpc) is 3.23. The number of benzene rings is 1. The highest BCUT2D eigenvalue weighted by Crippen LogP contribution is 2.15. The number of rotatable bonds is 37. The molecule has 0 radical (unpaired) electrons. The quantitative estimate of drug-likeness (QED) is 0.0259. The molecule has 1 aromatic carbocycles. The van der Waals surface area contributed by atoms with Gasteiger partial charge in [0, 0.05) is 39.0 Å². The summed E-state index contributed by atoms with van der Waals surface area (Å²) in [5.41, 5.74) is 17.0. The molecule has 0 spiro atoms. The van der Waals surface area contributed by atoms with Crippen molar-refractivity contribution >= 4 is 54.7 Å². The number of thiol groups is 1. The largest absolute Gasteiger partial charge is 0.494 e. The van der Waals surface area contributed by atoms with Crippen LogP contribution >= 0.6 is 12.8 Å². The number of unbranched alkanes of at least 4 members (excludes halogenated alkanes) is 9. The summed E-state index contributed by atoms with van der Waals surface area (Å²) in [5, 5.41) is 29.3. The van der Waals surface area contributed by atoms with Gasteiger partial charge in [-0.1, -0.05) is 44.9 Å². The third-order valence-corrected chi connectivity index (χ3v) is 10.5. The van der Waals surface area contributed by atoms with Gasteiger partial charge in [-0.15, -0.1) is 0 Å². The summed E-state index contributed by atoms with van der Waals surface area (Å²) in [6.45, 7) is 1.83. The zero-order chi connectivity index (χ0) is 44.6. The maximum absolute atomic E-state index is 12.4. The molecule has 18 nitrogen and oxygen atoms in total. The van der Waals surface area contributed by atoms with E-state index in [0.29, 0.717) is 96.2 Å². The number of carboxylic acids is 2. The highest BCUT2D eigenvalue weighted by molar-refractivity contribution is 7.78. The summed E-state index contributed by atoms with van der Waals surface area (Å²) in [7, 11) is 0. The van der Waals surface area contributed by atoms with Crippen LogP contribution in [0.4, 0.5) is 0 Å². The van der Waals surface area contributed by atoms with Gasteiger partial charge in [-0.2, -0.15) is 0 Å². The van der Waals surface area contributed by atoms with Crippen LogP contribution in [0.1, 0.15) is 132 Å². The molecule has 340 valence electrons. The van der Waals surface area contributed by atoms with Gasteiger partial charge in [-0.25, -0.2) is 9.59 Å². The molecule has 1 aromatic rings. The first-order valence-corrected chi connectivity index (χ1v) is 21.6. The van der Waals surface area contributed by atoms with Gasteiger partial charge >= 0.3 is 11.9 Å². The minimum atomic E-state index is -1.20. The van der Waals surface area contributed by atoms with Crippen molar-refractivity contribution in [2.24, 2.45) is 17.2 Å². The Morgan fingerprint density at radius 1 is 0.683 bits per heavy atom. The predicted octanol–water partition coefficient (Wildman–Crippen LogP) is 2.08. The van der Waals surface area contributed by atoms with Crippen LogP contribution in [0.3, 0.4) is 0 Å². The van der Waals surface area contributed by atoms with Crippen molar-refractivity contribution in [2.75, 3.05) is 32.8 Å². The maximum atomic E-state index is 12.4. The number of nitrogens with one attached hydrogen (secondary N) is 5. The van der Waals surface area contributed by atoms with Crippen LogP contribution in [-0.2, 0) is 28.8 Å². The first kappa shape index (κ1) is 53.7. The van der Waals surface area contributed by atoms with E-state index in [4.69, 9.17) is 27.0 Å². The zero-order valence-electron chi connectivity index (χ0n) is 34.9. The zero-order valence-corrected chi connectivity index (χ0v) is 35.8. The molecule has 0 aliphatic rings. The van der Waals surface area contributed by atoms with Crippen molar-refractivity contribution in [3.8, 4) is 5.75 Å². The highest BCUT2D eigenvalue weighted by Gasteiger charge is 2.26. The summed E-state index contributed by atoms with van der Waals surface area (Å²) in [4.78, 5) is 83.1. The lowest BCUT2D eigenvalue weighted by Gasteiger charge is -2.24. The van der Waals surface area contributed by atoms with Crippen molar-refractivity contribution in [3.05, 3.63) is 29.8 Å². The van der Waals surface area contributed by atoms with Gasteiger partial charge in [0.15, 0.2) is 0 Å². The Hall–Kier alpha value is -4.30. The summed E-state index contributed by atoms with van der Waals surface area (Å²) in [6.07, 6.45) is 12.3. The summed E-state index contributed by atoms with van der Waals surface area (Å²) >= 11 is 3.97. The van der Waals surface area contributed by atoms with Crippen LogP contribution in [0.2, 0.25) is 0 Å². The minimum Gasteiger partial charge on any atom is -0.494 e. The van der Waals surface area contributed by atoms with E-state index >= 15 is 0 Å². The van der Waals surface area contributed by atoms with Gasteiger partial charge < -0.3 is 58.2 Å². The van der Waals surface area contributed by atoms with Crippen LogP contribution in [0.25, 0.3) is 0 Å².